The highest BCUT2D eigenvalue weighted by Crippen LogP contribution is 2.31. The molecule has 0 bridgehead atoms. The third-order valence-electron chi connectivity index (χ3n) is 4.55. The van der Waals surface area contributed by atoms with Gasteiger partial charge in [0.15, 0.2) is 5.76 Å². The molecule has 11 heteroatoms. The van der Waals surface area contributed by atoms with Crippen LogP contribution >= 0.6 is 107 Å². The number of hydrogen-bond acceptors (Lipinski definition) is 4. The Hall–Kier alpha value is -0.610. The number of benzene rings is 3. The van der Waals surface area contributed by atoms with Gasteiger partial charge in [-0.25, -0.2) is 5.43 Å². The number of fused-ring (bicyclic) bond motifs is 1. The van der Waals surface area contributed by atoms with Gasteiger partial charge in [-0.3, -0.25) is 4.79 Å². The van der Waals surface area contributed by atoms with Crippen LogP contribution in [0.1, 0.15) is 21.7 Å². The van der Waals surface area contributed by atoms with Gasteiger partial charge < -0.3 is 9.15 Å². The van der Waals surface area contributed by atoms with Gasteiger partial charge >= 0.3 is 5.91 Å². The maximum atomic E-state index is 12.5. The number of ether oxygens (including phenoxy) is 1. The van der Waals surface area contributed by atoms with Crippen LogP contribution < -0.4 is 10.2 Å². The van der Waals surface area contributed by atoms with Crippen LogP contribution in [0.2, 0.25) is 10.0 Å². The summed E-state index contributed by atoms with van der Waals surface area (Å²) < 4.78 is 15.3. The van der Waals surface area contributed by atoms with Crippen molar-refractivity contribution >= 4 is 130 Å². The molecule has 0 saturated heterocycles. The number of hydrogen-bond donors (Lipinski definition) is 1. The SMILES string of the molecule is O=C(N/N=C\c1cc(I)c(OCc2ccc(Cl)cc2Cl)c(I)c1)c1cc2cc(Br)cc(I)c2o1. The number of carbonyl (C=O) groups is 1. The zero-order chi connectivity index (χ0) is 24.4. The van der Waals surface area contributed by atoms with Crippen molar-refractivity contribution in [2.75, 3.05) is 0 Å². The normalized spacial score (nSPS) is 11.4. The molecule has 4 aromatic rings. The molecule has 1 N–H and O–H groups in total. The molecule has 1 heterocycles. The summed E-state index contributed by atoms with van der Waals surface area (Å²) in [5.41, 5.74) is 4.84. The van der Waals surface area contributed by atoms with Gasteiger partial charge in [-0.05, 0) is 116 Å². The molecule has 0 saturated carbocycles. The second kappa shape index (κ2) is 11.6. The number of nitrogens with zero attached hydrogens (tertiary/aromatic N) is 1. The summed E-state index contributed by atoms with van der Waals surface area (Å²) in [6.07, 6.45) is 1.57. The zero-order valence-electron chi connectivity index (χ0n) is 16.8. The second-order valence-electron chi connectivity index (χ2n) is 6.95. The molecule has 4 rings (SSSR count). The van der Waals surface area contributed by atoms with Crippen LogP contribution in [0.3, 0.4) is 0 Å². The molecule has 3 aromatic carbocycles. The third-order valence-corrected chi connectivity index (χ3v) is 8.00. The van der Waals surface area contributed by atoms with Crippen LogP contribution in [-0.4, -0.2) is 12.1 Å². The van der Waals surface area contributed by atoms with E-state index in [1.807, 2.05) is 30.3 Å². The predicted molar refractivity (Wildman–Crippen MR) is 164 cm³/mol. The molecule has 0 aliphatic rings. The molecular formula is C23H12BrCl2I3N2O3. The first-order chi connectivity index (χ1) is 16.2. The molecule has 1 amide bonds. The van der Waals surface area contributed by atoms with E-state index in [-0.39, 0.29) is 5.76 Å². The lowest BCUT2D eigenvalue weighted by Gasteiger charge is -2.12. The van der Waals surface area contributed by atoms with Crippen LogP contribution in [0.25, 0.3) is 11.0 Å². The molecule has 5 nitrogen and oxygen atoms in total. The van der Waals surface area contributed by atoms with E-state index in [2.05, 4.69) is 94.2 Å². The van der Waals surface area contributed by atoms with E-state index in [9.17, 15) is 4.79 Å². The molecule has 0 aliphatic heterocycles. The first kappa shape index (κ1) is 26.5. The zero-order valence-corrected chi connectivity index (χ0v) is 26.4. The lowest BCUT2D eigenvalue weighted by atomic mass is 10.2. The lowest BCUT2D eigenvalue weighted by molar-refractivity contribution is 0.0929. The first-order valence-corrected chi connectivity index (χ1v) is 14.3. The molecule has 0 fully saturated rings. The highest BCUT2D eigenvalue weighted by atomic mass is 127. The van der Waals surface area contributed by atoms with E-state index in [1.165, 1.54) is 0 Å². The molecule has 34 heavy (non-hydrogen) atoms. The number of amides is 1. The van der Waals surface area contributed by atoms with Crippen molar-refractivity contribution in [3.63, 3.8) is 0 Å². The highest BCUT2D eigenvalue weighted by molar-refractivity contribution is 14.1. The fourth-order valence-corrected chi connectivity index (χ4v) is 7.24. The molecule has 0 spiro atoms. The Balaban J connectivity index is 1.43. The Morgan fingerprint density at radius 2 is 1.79 bits per heavy atom. The van der Waals surface area contributed by atoms with Gasteiger partial charge in [-0.2, -0.15) is 5.10 Å². The summed E-state index contributed by atoms with van der Waals surface area (Å²) in [5.74, 6) is 0.511. The Morgan fingerprint density at radius 1 is 1.06 bits per heavy atom. The topological polar surface area (TPSA) is 63.8 Å². The number of rotatable bonds is 6. The quantitative estimate of drug-likeness (QED) is 0.120. The number of furan rings is 1. The van der Waals surface area contributed by atoms with Gasteiger partial charge in [-0.15, -0.1) is 0 Å². The van der Waals surface area contributed by atoms with Crippen molar-refractivity contribution in [1.29, 1.82) is 0 Å². The molecule has 174 valence electrons. The predicted octanol–water partition coefficient (Wildman–Crippen LogP) is 8.66. The van der Waals surface area contributed by atoms with Gasteiger partial charge in [0, 0.05) is 25.5 Å². The summed E-state index contributed by atoms with van der Waals surface area (Å²) in [6.45, 7) is 0.318. The first-order valence-electron chi connectivity index (χ1n) is 9.49. The van der Waals surface area contributed by atoms with E-state index in [0.29, 0.717) is 22.2 Å². The lowest BCUT2D eigenvalue weighted by Crippen LogP contribution is -2.16. The Bertz CT molecular complexity index is 1420. The van der Waals surface area contributed by atoms with Crippen molar-refractivity contribution in [3.8, 4) is 5.75 Å². The van der Waals surface area contributed by atoms with Crippen LogP contribution in [0.15, 0.2) is 62.5 Å². The summed E-state index contributed by atoms with van der Waals surface area (Å²) in [7, 11) is 0. The van der Waals surface area contributed by atoms with Crippen LogP contribution in [0.5, 0.6) is 5.75 Å². The highest BCUT2D eigenvalue weighted by Gasteiger charge is 2.14. The maximum absolute atomic E-state index is 12.5. The summed E-state index contributed by atoms with van der Waals surface area (Å²) in [6, 6.07) is 14.7. The molecule has 0 radical (unpaired) electrons. The molecule has 0 atom stereocenters. The smallest absolute Gasteiger partial charge is 0.307 e. The summed E-state index contributed by atoms with van der Waals surface area (Å²) >= 11 is 22.2. The van der Waals surface area contributed by atoms with Gasteiger partial charge in [0.05, 0.1) is 16.9 Å². The largest absolute Gasteiger partial charge is 0.487 e. The summed E-state index contributed by atoms with van der Waals surface area (Å²) in [5, 5.41) is 6.06. The van der Waals surface area contributed by atoms with Crippen molar-refractivity contribution in [1.82, 2.24) is 5.43 Å². The van der Waals surface area contributed by atoms with E-state index in [4.69, 9.17) is 32.4 Å². The van der Waals surface area contributed by atoms with Gasteiger partial charge in [0.25, 0.3) is 0 Å². The Kier molecular flexibility index (Phi) is 9.05. The Labute approximate surface area is 254 Å². The van der Waals surface area contributed by atoms with Crippen LogP contribution in [0.4, 0.5) is 0 Å². The molecule has 1 aromatic heterocycles. The maximum Gasteiger partial charge on any atom is 0.307 e. The van der Waals surface area contributed by atoms with Gasteiger partial charge in [0.1, 0.15) is 17.9 Å². The van der Waals surface area contributed by atoms with E-state index in [0.717, 1.165) is 37.4 Å². The van der Waals surface area contributed by atoms with Crippen molar-refractivity contribution < 1.29 is 13.9 Å². The van der Waals surface area contributed by atoms with Crippen LogP contribution in [-0.2, 0) is 6.61 Å². The van der Waals surface area contributed by atoms with Crippen molar-refractivity contribution in [3.05, 3.63) is 90.6 Å². The molecular weight excluding hydrogens is 884 g/mol. The van der Waals surface area contributed by atoms with Gasteiger partial charge in [0.2, 0.25) is 0 Å². The summed E-state index contributed by atoms with van der Waals surface area (Å²) in [4.78, 5) is 12.5. The van der Waals surface area contributed by atoms with E-state index < -0.39 is 5.91 Å². The van der Waals surface area contributed by atoms with E-state index in [1.54, 1.807) is 24.4 Å². The second-order valence-corrected chi connectivity index (χ2v) is 12.2. The average Bonchev–Trinajstić information content (AvgIpc) is 3.19. The molecule has 0 unspecified atom stereocenters. The van der Waals surface area contributed by atoms with E-state index >= 15 is 0 Å². The van der Waals surface area contributed by atoms with Gasteiger partial charge in [-0.1, -0.05) is 45.2 Å². The number of hydrazone groups is 1. The minimum atomic E-state index is -0.427. The number of carbonyl (C=O) groups excluding carboxylic acids is 1. The Morgan fingerprint density at radius 3 is 2.50 bits per heavy atom. The van der Waals surface area contributed by atoms with Crippen molar-refractivity contribution in [2.24, 2.45) is 5.10 Å². The fraction of sp³-hybridized carbons (Fsp3) is 0.0435. The standard InChI is InChI=1S/C23H12BrCl2I3N2O3/c24-14-5-13-6-20(34-21(13)19(29)7-14)23(32)31-30-9-11-3-17(27)22(18(28)4-11)33-10-12-1-2-15(25)8-16(12)26/h1-9H,10H2,(H,31,32)/b30-9-. The fourth-order valence-electron chi connectivity index (χ4n) is 2.99. The third kappa shape index (κ3) is 6.38. The van der Waals surface area contributed by atoms with Crippen molar-refractivity contribution in [2.45, 2.75) is 6.61 Å². The van der Waals surface area contributed by atoms with Crippen LogP contribution in [0, 0.1) is 10.7 Å². The monoisotopic (exact) mass is 894 g/mol. The molecule has 0 aliphatic carbocycles. The minimum Gasteiger partial charge on any atom is -0.487 e. The number of nitrogens with one attached hydrogen (secondary N) is 1. The average molecular weight is 896 g/mol. The number of halogens is 6. The minimum absolute atomic E-state index is 0.192.